The van der Waals surface area contributed by atoms with Gasteiger partial charge < -0.3 is 19.1 Å². The molecule has 0 aromatic heterocycles. The van der Waals surface area contributed by atoms with Gasteiger partial charge >= 0.3 is 0 Å². The largest absolute Gasteiger partial charge is 0.493 e. The monoisotopic (exact) mass is 361 g/mol. The summed E-state index contributed by atoms with van der Waals surface area (Å²) in [6.45, 7) is 1.30. The lowest BCUT2D eigenvalue weighted by molar-refractivity contribution is -0.150. The number of hydrogen-bond acceptors (Lipinski definition) is 4. The Bertz CT molecular complexity index is 592. The Hall–Kier alpha value is -1.75. The summed E-state index contributed by atoms with van der Waals surface area (Å²) >= 11 is 0. The van der Waals surface area contributed by atoms with E-state index in [4.69, 9.17) is 14.2 Å². The van der Waals surface area contributed by atoms with Crippen molar-refractivity contribution in [3.05, 3.63) is 23.8 Å². The fraction of sp³-hybridized carbons (Fsp3) is 0.667. The molecule has 0 N–H and O–H groups in total. The van der Waals surface area contributed by atoms with Crippen LogP contribution in [0.4, 0.5) is 0 Å². The van der Waals surface area contributed by atoms with Crippen molar-refractivity contribution in [1.82, 2.24) is 4.90 Å². The number of ether oxygens (including phenoxy) is 3. The molecule has 3 rings (SSSR count). The number of benzene rings is 1. The molecule has 0 radical (unpaired) electrons. The molecule has 0 bridgehead atoms. The number of nitrogens with zero attached hydrogens (tertiary/aromatic N) is 1. The zero-order chi connectivity index (χ0) is 18.4. The molecule has 5 heteroatoms. The van der Waals surface area contributed by atoms with Crippen molar-refractivity contribution in [3.8, 4) is 11.5 Å². The molecule has 1 heterocycles. The van der Waals surface area contributed by atoms with E-state index < -0.39 is 0 Å². The molecule has 1 amide bonds. The van der Waals surface area contributed by atoms with E-state index in [0.717, 1.165) is 37.7 Å². The van der Waals surface area contributed by atoms with Gasteiger partial charge in [-0.15, -0.1) is 0 Å². The summed E-state index contributed by atoms with van der Waals surface area (Å²) < 4.78 is 16.6. The number of carbonyl (C=O) groups is 1. The van der Waals surface area contributed by atoms with Crippen LogP contribution in [0, 0.1) is 0 Å². The van der Waals surface area contributed by atoms with Crippen molar-refractivity contribution < 1.29 is 19.0 Å². The van der Waals surface area contributed by atoms with Gasteiger partial charge in [0.1, 0.15) is 6.10 Å². The van der Waals surface area contributed by atoms with Crippen LogP contribution in [-0.4, -0.2) is 43.8 Å². The molecule has 1 unspecified atom stereocenters. The van der Waals surface area contributed by atoms with Crippen LogP contribution in [0.3, 0.4) is 0 Å². The van der Waals surface area contributed by atoms with Crippen LogP contribution >= 0.6 is 0 Å². The van der Waals surface area contributed by atoms with E-state index in [2.05, 4.69) is 4.90 Å². The number of rotatable bonds is 6. The molecular formula is C21H31NO4. The van der Waals surface area contributed by atoms with Gasteiger partial charge in [0.05, 0.1) is 14.2 Å². The maximum absolute atomic E-state index is 13.2. The van der Waals surface area contributed by atoms with Crippen LogP contribution in [0.5, 0.6) is 11.5 Å². The van der Waals surface area contributed by atoms with Crippen LogP contribution < -0.4 is 9.47 Å². The lowest BCUT2D eigenvalue weighted by Crippen LogP contribution is -2.47. The highest BCUT2D eigenvalue weighted by Crippen LogP contribution is 2.31. The molecule has 26 heavy (non-hydrogen) atoms. The lowest BCUT2D eigenvalue weighted by Gasteiger charge is -2.37. The highest BCUT2D eigenvalue weighted by molar-refractivity contribution is 5.81. The van der Waals surface area contributed by atoms with Gasteiger partial charge in [0, 0.05) is 19.2 Å². The predicted molar refractivity (Wildman–Crippen MR) is 101 cm³/mol. The first kappa shape index (κ1) is 19.0. The third-order valence-corrected chi connectivity index (χ3v) is 5.55. The number of carbonyl (C=O) groups excluding carboxylic acids is 1. The first-order valence-corrected chi connectivity index (χ1v) is 9.86. The second-order valence-electron chi connectivity index (χ2n) is 7.30. The van der Waals surface area contributed by atoms with Gasteiger partial charge in [0.25, 0.3) is 5.91 Å². The fourth-order valence-corrected chi connectivity index (χ4v) is 4.08. The summed E-state index contributed by atoms with van der Waals surface area (Å²) in [6, 6.07) is 6.22. The van der Waals surface area contributed by atoms with Crippen LogP contribution in [0.25, 0.3) is 0 Å². The highest BCUT2D eigenvalue weighted by Gasteiger charge is 2.32. The van der Waals surface area contributed by atoms with Crippen molar-refractivity contribution in [3.63, 3.8) is 0 Å². The Morgan fingerprint density at radius 1 is 1.04 bits per heavy atom. The first-order valence-electron chi connectivity index (χ1n) is 9.86. The van der Waals surface area contributed by atoms with E-state index in [1.165, 1.54) is 19.3 Å². The molecule has 0 spiro atoms. The third-order valence-electron chi connectivity index (χ3n) is 5.55. The van der Waals surface area contributed by atoms with Gasteiger partial charge in [-0.3, -0.25) is 4.79 Å². The summed E-state index contributed by atoms with van der Waals surface area (Å²) in [5.74, 6) is 1.57. The Morgan fingerprint density at radius 3 is 2.42 bits per heavy atom. The normalized spacial score (nSPS) is 21.2. The minimum Gasteiger partial charge on any atom is -0.493 e. The molecule has 1 aliphatic carbocycles. The zero-order valence-electron chi connectivity index (χ0n) is 16.0. The molecule has 2 fully saturated rings. The zero-order valence-corrected chi connectivity index (χ0v) is 16.0. The van der Waals surface area contributed by atoms with Gasteiger partial charge in [0.15, 0.2) is 11.5 Å². The maximum Gasteiger partial charge on any atom is 0.252 e. The van der Waals surface area contributed by atoms with Crippen molar-refractivity contribution in [1.29, 1.82) is 0 Å². The summed E-state index contributed by atoms with van der Waals surface area (Å²) in [4.78, 5) is 15.3. The molecule has 1 aromatic rings. The average Bonchev–Trinajstić information content (AvgIpc) is 2.72. The Morgan fingerprint density at radius 2 is 1.77 bits per heavy atom. The van der Waals surface area contributed by atoms with Crippen molar-refractivity contribution in [2.75, 3.05) is 20.8 Å². The Balaban J connectivity index is 1.79. The smallest absolute Gasteiger partial charge is 0.252 e. The summed E-state index contributed by atoms with van der Waals surface area (Å²) in [5.41, 5.74) is 1.07. The summed E-state index contributed by atoms with van der Waals surface area (Å²) in [5, 5.41) is 0. The molecule has 2 aliphatic rings. The molecular weight excluding hydrogens is 330 g/mol. The maximum atomic E-state index is 13.2. The van der Waals surface area contributed by atoms with Crippen molar-refractivity contribution in [2.45, 2.75) is 70.1 Å². The van der Waals surface area contributed by atoms with Gasteiger partial charge in [-0.1, -0.05) is 25.3 Å². The average molecular weight is 361 g/mol. The van der Waals surface area contributed by atoms with Gasteiger partial charge in [0.2, 0.25) is 0 Å². The summed E-state index contributed by atoms with van der Waals surface area (Å²) in [7, 11) is 3.28. The molecule has 1 aromatic carbocycles. The van der Waals surface area contributed by atoms with Gasteiger partial charge in [-0.2, -0.15) is 0 Å². The molecule has 1 saturated heterocycles. The number of amides is 1. The molecule has 1 aliphatic heterocycles. The Kier molecular flexibility index (Phi) is 6.78. The first-order chi connectivity index (χ1) is 12.7. The van der Waals surface area contributed by atoms with Crippen LogP contribution in [0.15, 0.2) is 18.2 Å². The van der Waals surface area contributed by atoms with E-state index in [-0.39, 0.29) is 12.0 Å². The van der Waals surface area contributed by atoms with Crippen molar-refractivity contribution >= 4 is 5.91 Å². The molecule has 144 valence electrons. The standard InChI is InChI=1S/C21H31NO4/c1-24-18-12-11-16(14-20(18)25-2)15-22(17-8-4-3-5-9-17)21(23)19-10-6-7-13-26-19/h11-12,14,17,19H,3-10,13,15H2,1-2H3. The summed E-state index contributed by atoms with van der Waals surface area (Å²) in [6.07, 6.45) is 8.55. The van der Waals surface area contributed by atoms with Crippen LogP contribution in [0.1, 0.15) is 56.9 Å². The highest BCUT2D eigenvalue weighted by atomic mass is 16.5. The lowest BCUT2D eigenvalue weighted by atomic mass is 9.93. The SMILES string of the molecule is COc1ccc(CN(C(=O)C2CCCCO2)C2CCCCC2)cc1OC. The Labute approximate surface area is 156 Å². The number of methoxy groups -OCH3 is 2. The second-order valence-corrected chi connectivity index (χ2v) is 7.30. The van der Waals surface area contributed by atoms with E-state index in [1.54, 1.807) is 14.2 Å². The molecule has 5 nitrogen and oxygen atoms in total. The second kappa shape index (κ2) is 9.26. The minimum atomic E-state index is -0.272. The predicted octanol–water partition coefficient (Wildman–Crippen LogP) is 3.93. The molecule has 1 saturated carbocycles. The van der Waals surface area contributed by atoms with E-state index >= 15 is 0 Å². The number of hydrogen-bond donors (Lipinski definition) is 0. The van der Waals surface area contributed by atoms with Gasteiger partial charge in [-0.25, -0.2) is 0 Å². The quantitative estimate of drug-likeness (QED) is 0.770. The van der Waals surface area contributed by atoms with Crippen LogP contribution in [0.2, 0.25) is 0 Å². The molecule has 1 atom stereocenters. The van der Waals surface area contributed by atoms with Gasteiger partial charge in [-0.05, 0) is 49.8 Å². The topological polar surface area (TPSA) is 48.0 Å². The van der Waals surface area contributed by atoms with E-state index in [1.807, 2.05) is 18.2 Å². The van der Waals surface area contributed by atoms with Crippen LogP contribution in [-0.2, 0) is 16.1 Å². The fourth-order valence-electron chi connectivity index (χ4n) is 4.08. The minimum absolute atomic E-state index is 0.159. The third kappa shape index (κ3) is 4.50. The van der Waals surface area contributed by atoms with E-state index in [9.17, 15) is 4.79 Å². The van der Waals surface area contributed by atoms with E-state index in [0.29, 0.717) is 30.7 Å². The van der Waals surface area contributed by atoms with Crippen molar-refractivity contribution in [2.24, 2.45) is 0 Å².